The van der Waals surface area contributed by atoms with E-state index in [1.54, 1.807) is 25.1 Å². The summed E-state index contributed by atoms with van der Waals surface area (Å²) in [6, 6.07) is 2.66. The van der Waals surface area contributed by atoms with Crippen molar-refractivity contribution in [3.8, 4) is 5.75 Å². The topological polar surface area (TPSA) is 78.9 Å². The quantitative estimate of drug-likeness (QED) is 0.675. The van der Waals surface area contributed by atoms with E-state index < -0.39 is 16.1 Å². The Morgan fingerprint density at radius 1 is 1.29 bits per heavy atom. The molecule has 0 radical (unpaired) electrons. The van der Waals surface area contributed by atoms with Crippen LogP contribution in [0.3, 0.4) is 0 Å². The van der Waals surface area contributed by atoms with Gasteiger partial charge in [0.15, 0.2) is 0 Å². The van der Waals surface area contributed by atoms with Gasteiger partial charge in [0, 0.05) is 50.2 Å². The number of nitrogens with one attached hydrogen (secondary N) is 1. The number of hydrogen-bond acceptors (Lipinski definition) is 4. The third-order valence-electron chi connectivity index (χ3n) is 4.86. The third kappa shape index (κ3) is 5.60. The number of benzene rings is 1. The fourth-order valence-electron chi connectivity index (χ4n) is 3.21. The van der Waals surface area contributed by atoms with Crippen LogP contribution in [0.1, 0.15) is 45.2 Å². The molecule has 1 aliphatic heterocycles. The van der Waals surface area contributed by atoms with Gasteiger partial charge in [-0.15, -0.1) is 4.72 Å². The molecule has 2 atom stereocenters. The Morgan fingerprint density at radius 2 is 1.82 bits per heavy atom. The molecule has 2 N–H and O–H groups in total. The van der Waals surface area contributed by atoms with Crippen LogP contribution in [0.25, 0.3) is 0 Å². The Morgan fingerprint density at radius 3 is 2.32 bits per heavy atom. The number of aromatic hydroxyl groups is 1. The van der Waals surface area contributed by atoms with Crippen LogP contribution in [-0.2, 0) is 11.4 Å². The lowest BCUT2D eigenvalue weighted by Crippen LogP contribution is -2.48. The molecule has 0 aromatic heterocycles. The first-order valence-electron chi connectivity index (χ1n) is 9.24. The minimum Gasteiger partial charge on any atom is -0.598 e. The van der Waals surface area contributed by atoms with E-state index in [4.69, 9.17) is 23.2 Å². The van der Waals surface area contributed by atoms with Gasteiger partial charge in [0.1, 0.15) is 10.5 Å². The van der Waals surface area contributed by atoms with Crippen LogP contribution in [0.4, 0.5) is 4.79 Å². The highest BCUT2D eigenvalue weighted by atomic mass is 35.5. The zero-order chi connectivity index (χ0) is 21.2. The standard InChI is InChI=1S/C19H29Cl2N3O3S/c1-19(2,3)28(27)22-17(13-10-14(20)15(21)11-16(13)25)12-6-8-24(9-7-12)18(26)23(4)5/h10-12,17,22,25H,6-9H2,1-5H3. The minimum atomic E-state index is -1.34. The molecule has 2 amide bonds. The first-order chi connectivity index (χ1) is 12.9. The summed E-state index contributed by atoms with van der Waals surface area (Å²) in [5, 5.41) is 11.1. The molecule has 158 valence electrons. The maximum absolute atomic E-state index is 12.8. The van der Waals surface area contributed by atoms with Gasteiger partial charge >= 0.3 is 6.03 Å². The van der Waals surface area contributed by atoms with E-state index in [2.05, 4.69) is 4.72 Å². The predicted octanol–water partition coefficient (Wildman–Crippen LogP) is 4.19. The lowest BCUT2D eigenvalue weighted by molar-refractivity contribution is 0.139. The maximum Gasteiger partial charge on any atom is 0.319 e. The largest absolute Gasteiger partial charge is 0.598 e. The number of halogens is 2. The molecule has 0 spiro atoms. The Labute approximate surface area is 180 Å². The molecule has 0 saturated carbocycles. The summed E-state index contributed by atoms with van der Waals surface area (Å²) >= 11 is 10.9. The van der Waals surface area contributed by atoms with Crippen molar-refractivity contribution in [1.29, 1.82) is 0 Å². The van der Waals surface area contributed by atoms with Crippen molar-refractivity contribution in [2.24, 2.45) is 5.92 Å². The van der Waals surface area contributed by atoms with Crippen LogP contribution >= 0.6 is 23.2 Å². The zero-order valence-corrected chi connectivity index (χ0v) is 19.3. The average molecular weight is 450 g/mol. The van der Waals surface area contributed by atoms with E-state index >= 15 is 0 Å². The van der Waals surface area contributed by atoms with Crippen LogP contribution in [0.5, 0.6) is 5.75 Å². The molecule has 28 heavy (non-hydrogen) atoms. The van der Waals surface area contributed by atoms with Crippen molar-refractivity contribution in [2.45, 2.75) is 44.4 Å². The van der Waals surface area contributed by atoms with Gasteiger partial charge in [-0.2, -0.15) is 0 Å². The Hall–Kier alpha value is -0.860. The van der Waals surface area contributed by atoms with Crippen molar-refractivity contribution in [2.75, 3.05) is 27.2 Å². The lowest BCUT2D eigenvalue weighted by atomic mass is 9.85. The van der Waals surface area contributed by atoms with E-state index in [0.717, 1.165) is 12.8 Å². The summed E-state index contributed by atoms with van der Waals surface area (Å²) in [5.41, 5.74) is 0.574. The van der Waals surface area contributed by atoms with Crippen LogP contribution < -0.4 is 4.72 Å². The van der Waals surface area contributed by atoms with Crippen LogP contribution in [0.2, 0.25) is 10.0 Å². The van der Waals surface area contributed by atoms with E-state index in [1.165, 1.54) is 6.07 Å². The number of nitrogens with zero attached hydrogens (tertiary/aromatic N) is 2. The summed E-state index contributed by atoms with van der Waals surface area (Å²) in [5.74, 6) is 0.102. The molecule has 1 aromatic rings. The highest BCUT2D eigenvalue weighted by Crippen LogP contribution is 2.40. The molecule has 2 rings (SSSR count). The van der Waals surface area contributed by atoms with Gasteiger partial charge in [0.05, 0.1) is 16.1 Å². The van der Waals surface area contributed by atoms with E-state index in [-0.39, 0.29) is 28.8 Å². The van der Waals surface area contributed by atoms with Crippen molar-refractivity contribution < 1.29 is 14.5 Å². The van der Waals surface area contributed by atoms with Crippen LogP contribution in [0, 0.1) is 5.92 Å². The van der Waals surface area contributed by atoms with Crippen molar-refractivity contribution >= 4 is 40.6 Å². The van der Waals surface area contributed by atoms with E-state index in [1.807, 2.05) is 25.7 Å². The number of carbonyl (C=O) groups excluding carboxylic acids is 1. The van der Waals surface area contributed by atoms with E-state index in [9.17, 15) is 14.5 Å². The number of hydrogen-bond donors (Lipinski definition) is 2. The fourth-order valence-corrected chi connectivity index (χ4v) is 4.45. The summed E-state index contributed by atoms with van der Waals surface area (Å²) < 4.78 is 15.5. The number of likely N-dealkylation sites (tertiary alicyclic amines) is 1. The van der Waals surface area contributed by atoms with Gasteiger partial charge in [-0.05, 0) is 45.6 Å². The number of urea groups is 1. The lowest BCUT2D eigenvalue weighted by Gasteiger charge is -2.38. The second kappa shape index (κ2) is 9.30. The zero-order valence-electron chi connectivity index (χ0n) is 17.0. The Kier molecular flexibility index (Phi) is 7.78. The summed E-state index contributed by atoms with van der Waals surface area (Å²) in [4.78, 5) is 15.6. The van der Waals surface area contributed by atoms with Gasteiger partial charge in [-0.1, -0.05) is 23.2 Å². The third-order valence-corrected chi connectivity index (χ3v) is 7.16. The summed E-state index contributed by atoms with van der Waals surface area (Å²) in [7, 11) is 3.47. The number of phenols is 1. The summed E-state index contributed by atoms with van der Waals surface area (Å²) in [6.45, 7) is 6.87. The molecular formula is C19H29Cl2N3O3S. The second-order valence-electron chi connectivity index (χ2n) is 8.30. The SMILES string of the molecule is CN(C)C(=O)N1CCC(C(N[S+]([O-])C(C)(C)C)c2cc(Cl)c(Cl)cc2O)CC1. The van der Waals surface area contributed by atoms with Crippen molar-refractivity contribution in [3.63, 3.8) is 0 Å². The van der Waals surface area contributed by atoms with Gasteiger partial charge in [0.25, 0.3) is 0 Å². The molecule has 0 bridgehead atoms. The molecule has 6 nitrogen and oxygen atoms in total. The molecule has 2 unspecified atom stereocenters. The van der Waals surface area contributed by atoms with Gasteiger partial charge < -0.3 is 19.5 Å². The van der Waals surface area contributed by atoms with Crippen molar-refractivity contribution in [3.05, 3.63) is 27.7 Å². The highest BCUT2D eigenvalue weighted by Gasteiger charge is 2.37. The summed E-state index contributed by atoms with van der Waals surface area (Å²) in [6.07, 6.45) is 1.44. The average Bonchev–Trinajstić information content (AvgIpc) is 2.61. The van der Waals surface area contributed by atoms with Crippen LogP contribution in [0.15, 0.2) is 12.1 Å². The number of rotatable bonds is 4. The number of piperidine rings is 1. The van der Waals surface area contributed by atoms with Crippen molar-refractivity contribution in [1.82, 2.24) is 14.5 Å². The molecule has 1 fully saturated rings. The van der Waals surface area contributed by atoms with E-state index in [0.29, 0.717) is 23.7 Å². The molecule has 1 aromatic carbocycles. The second-order valence-corrected chi connectivity index (χ2v) is 11.1. The van der Waals surface area contributed by atoms with Crippen LogP contribution in [-0.4, -0.2) is 57.4 Å². The monoisotopic (exact) mass is 449 g/mol. The first kappa shape index (κ1) is 23.4. The molecule has 1 aliphatic rings. The highest BCUT2D eigenvalue weighted by molar-refractivity contribution is 7.90. The normalized spacial score (nSPS) is 18.1. The van der Waals surface area contributed by atoms with Gasteiger partial charge in [-0.25, -0.2) is 4.79 Å². The Bertz CT molecular complexity index is 704. The minimum absolute atomic E-state index is 0.0152. The molecule has 1 heterocycles. The molecular weight excluding hydrogens is 421 g/mol. The Balaban J connectivity index is 2.28. The smallest absolute Gasteiger partial charge is 0.319 e. The predicted molar refractivity (Wildman–Crippen MR) is 115 cm³/mol. The van der Waals surface area contributed by atoms with Gasteiger partial charge in [-0.3, -0.25) is 0 Å². The number of amides is 2. The number of phenolic OH excluding ortho intramolecular Hbond substituents is 1. The maximum atomic E-state index is 12.8. The molecule has 9 heteroatoms. The fraction of sp³-hybridized carbons (Fsp3) is 0.632. The molecule has 0 aliphatic carbocycles. The number of carbonyl (C=O) groups is 1. The first-order valence-corrected chi connectivity index (χ1v) is 11.1. The van der Waals surface area contributed by atoms with Gasteiger partial charge in [0.2, 0.25) is 0 Å². The molecule has 1 saturated heterocycles.